The van der Waals surface area contributed by atoms with Crippen LogP contribution in [0.25, 0.3) is 6.08 Å². The molecule has 0 saturated carbocycles. The van der Waals surface area contributed by atoms with E-state index in [1.54, 1.807) is 12.1 Å². The Kier molecular flexibility index (Phi) is 7.00. The Morgan fingerprint density at radius 3 is 2.82 bits per heavy atom. The summed E-state index contributed by atoms with van der Waals surface area (Å²) < 4.78 is 10.6. The summed E-state index contributed by atoms with van der Waals surface area (Å²) in [6.45, 7) is 6.05. The number of methoxy groups -OCH3 is 1. The largest absolute Gasteiger partial charge is 0.491 e. The van der Waals surface area contributed by atoms with Crippen LogP contribution in [-0.4, -0.2) is 26.2 Å². The monoisotopic (exact) mass is 320 g/mol. The topological polar surface area (TPSA) is 71.4 Å². The summed E-state index contributed by atoms with van der Waals surface area (Å²) in [4.78, 5) is 11.8. The third kappa shape index (κ3) is 4.54. The van der Waals surface area contributed by atoms with Crippen LogP contribution in [0.2, 0.25) is 5.02 Å². The Morgan fingerprint density at radius 1 is 1.55 bits per heavy atom. The number of nitrogens with one attached hydrogen (secondary N) is 1. The van der Waals surface area contributed by atoms with Gasteiger partial charge in [0.1, 0.15) is 11.6 Å². The predicted molar refractivity (Wildman–Crippen MR) is 86.0 cm³/mol. The summed E-state index contributed by atoms with van der Waals surface area (Å²) in [6, 6.07) is 5.12. The molecular weight excluding hydrogens is 304 g/mol. The van der Waals surface area contributed by atoms with E-state index in [1.165, 1.54) is 19.3 Å². The lowest BCUT2D eigenvalue weighted by molar-refractivity contribution is -0.116. The molecule has 0 heterocycles. The van der Waals surface area contributed by atoms with E-state index in [-0.39, 0.29) is 12.1 Å². The van der Waals surface area contributed by atoms with Crippen LogP contribution in [0.3, 0.4) is 0 Å². The minimum absolute atomic E-state index is 0.0365. The van der Waals surface area contributed by atoms with Crippen molar-refractivity contribution in [3.05, 3.63) is 40.9 Å². The quantitative estimate of drug-likeness (QED) is 0.476. The molecule has 116 valence electrons. The van der Waals surface area contributed by atoms with Gasteiger partial charge in [0.15, 0.2) is 11.5 Å². The molecule has 1 rings (SSSR count). The fourth-order valence-electron chi connectivity index (χ4n) is 1.71. The SMILES string of the molecule is C=CCNC(=O)/C(C#N)=C/c1cc(Cl)c(OC)c(OCC)c1. The first-order valence-electron chi connectivity index (χ1n) is 6.58. The fourth-order valence-corrected chi connectivity index (χ4v) is 2.00. The maximum absolute atomic E-state index is 11.8. The number of hydrogen-bond donors (Lipinski definition) is 1. The molecule has 1 N–H and O–H groups in total. The fraction of sp³-hybridized carbons (Fsp3) is 0.250. The molecule has 1 aromatic rings. The van der Waals surface area contributed by atoms with Crippen molar-refractivity contribution in [1.82, 2.24) is 5.32 Å². The zero-order valence-electron chi connectivity index (χ0n) is 12.5. The summed E-state index contributed by atoms with van der Waals surface area (Å²) in [5, 5.41) is 12.0. The normalized spacial score (nSPS) is 10.5. The number of nitrogens with zero attached hydrogens (tertiary/aromatic N) is 1. The third-order valence-corrected chi connectivity index (χ3v) is 2.90. The number of hydrogen-bond acceptors (Lipinski definition) is 4. The van der Waals surface area contributed by atoms with Gasteiger partial charge in [-0.1, -0.05) is 17.7 Å². The number of benzene rings is 1. The molecule has 5 nitrogen and oxygen atoms in total. The number of halogens is 1. The van der Waals surface area contributed by atoms with Crippen LogP contribution in [0.1, 0.15) is 12.5 Å². The molecule has 0 fully saturated rings. The summed E-state index contributed by atoms with van der Waals surface area (Å²) >= 11 is 6.13. The minimum atomic E-state index is -0.479. The van der Waals surface area contributed by atoms with Gasteiger partial charge in [0.2, 0.25) is 0 Å². The Labute approximate surface area is 134 Å². The average molecular weight is 321 g/mol. The van der Waals surface area contributed by atoms with E-state index in [1.807, 2.05) is 13.0 Å². The highest BCUT2D eigenvalue weighted by atomic mass is 35.5. The van der Waals surface area contributed by atoms with Crippen LogP contribution in [0, 0.1) is 11.3 Å². The molecule has 0 unspecified atom stereocenters. The Bertz CT molecular complexity index is 633. The van der Waals surface area contributed by atoms with Gasteiger partial charge in [0, 0.05) is 6.54 Å². The lowest BCUT2D eigenvalue weighted by Gasteiger charge is -2.12. The van der Waals surface area contributed by atoms with Crippen molar-refractivity contribution in [2.75, 3.05) is 20.3 Å². The molecule has 0 aliphatic carbocycles. The minimum Gasteiger partial charge on any atom is -0.491 e. The van der Waals surface area contributed by atoms with E-state index in [0.717, 1.165) is 0 Å². The molecule has 0 saturated heterocycles. The number of amides is 1. The number of carbonyl (C=O) groups is 1. The van der Waals surface area contributed by atoms with Crippen molar-refractivity contribution in [2.24, 2.45) is 0 Å². The van der Waals surface area contributed by atoms with Gasteiger partial charge in [-0.2, -0.15) is 5.26 Å². The summed E-state index contributed by atoms with van der Waals surface area (Å²) in [6.07, 6.45) is 2.97. The number of ether oxygens (including phenoxy) is 2. The van der Waals surface area contributed by atoms with Crippen molar-refractivity contribution in [3.63, 3.8) is 0 Å². The molecule has 0 radical (unpaired) electrons. The molecule has 1 aromatic carbocycles. The first-order chi connectivity index (χ1) is 10.6. The molecule has 1 amide bonds. The highest BCUT2D eigenvalue weighted by Gasteiger charge is 2.13. The van der Waals surface area contributed by atoms with E-state index >= 15 is 0 Å². The van der Waals surface area contributed by atoms with E-state index in [0.29, 0.717) is 28.7 Å². The first-order valence-corrected chi connectivity index (χ1v) is 6.96. The van der Waals surface area contributed by atoms with Gasteiger partial charge in [-0.15, -0.1) is 6.58 Å². The molecular formula is C16H17ClN2O3. The molecule has 0 atom stereocenters. The summed E-state index contributed by atoms with van der Waals surface area (Å²) in [5.74, 6) is 0.384. The third-order valence-electron chi connectivity index (χ3n) is 2.62. The van der Waals surface area contributed by atoms with Crippen LogP contribution in [0.5, 0.6) is 11.5 Å². The second-order valence-corrected chi connectivity index (χ2v) is 4.54. The maximum atomic E-state index is 11.8. The standard InChI is InChI=1S/C16H17ClN2O3/c1-4-6-19-16(20)12(10-18)7-11-8-13(17)15(21-3)14(9-11)22-5-2/h4,7-9H,1,5-6H2,2-3H3,(H,19,20)/b12-7+. The molecule has 0 spiro atoms. The number of nitriles is 1. The highest BCUT2D eigenvalue weighted by Crippen LogP contribution is 2.36. The summed E-state index contributed by atoms with van der Waals surface area (Å²) in [7, 11) is 1.49. The van der Waals surface area contributed by atoms with Gasteiger partial charge in [-0.25, -0.2) is 0 Å². The number of carbonyl (C=O) groups excluding carboxylic acids is 1. The molecule has 0 aliphatic rings. The van der Waals surface area contributed by atoms with E-state index in [4.69, 9.17) is 26.3 Å². The molecule has 22 heavy (non-hydrogen) atoms. The van der Waals surface area contributed by atoms with Crippen LogP contribution < -0.4 is 14.8 Å². The molecule has 0 aromatic heterocycles. The zero-order valence-corrected chi connectivity index (χ0v) is 13.2. The van der Waals surface area contributed by atoms with Crippen molar-refractivity contribution in [1.29, 1.82) is 5.26 Å². The van der Waals surface area contributed by atoms with E-state index < -0.39 is 5.91 Å². The van der Waals surface area contributed by atoms with E-state index in [9.17, 15) is 4.79 Å². The lowest BCUT2D eigenvalue weighted by Crippen LogP contribution is -2.24. The smallest absolute Gasteiger partial charge is 0.262 e. The van der Waals surface area contributed by atoms with E-state index in [2.05, 4.69) is 11.9 Å². The van der Waals surface area contributed by atoms with Crippen molar-refractivity contribution >= 4 is 23.6 Å². The summed E-state index contributed by atoms with van der Waals surface area (Å²) in [5.41, 5.74) is 0.532. The van der Waals surface area contributed by atoms with Crippen LogP contribution in [0.4, 0.5) is 0 Å². The van der Waals surface area contributed by atoms with Gasteiger partial charge >= 0.3 is 0 Å². The van der Waals surface area contributed by atoms with Gasteiger partial charge in [0.05, 0.1) is 18.7 Å². The van der Waals surface area contributed by atoms with Gasteiger partial charge in [-0.05, 0) is 30.7 Å². The van der Waals surface area contributed by atoms with Crippen LogP contribution in [0.15, 0.2) is 30.4 Å². The second kappa shape index (κ2) is 8.75. The van der Waals surface area contributed by atoms with Gasteiger partial charge in [0.25, 0.3) is 5.91 Å². The average Bonchev–Trinajstić information content (AvgIpc) is 2.50. The molecule has 0 bridgehead atoms. The van der Waals surface area contributed by atoms with Crippen molar-refractivity contribution < 1.29 is 14.3 Å². The van der Waals surface area contributed by atoms with Gasteiger partial charge < -0.3 is 14.8 Å². The second-order valence-electron chi connectivity index (χ2n) is 4.14. The van der Waals surface area contributed by atoms with Gasteiger partial charge in [-0.3, -0.25) is 4.79 Å². The molecule has 0 aliphatic heterocycles. The Balaban J connectivity index is 3.19. The predicted octanol–water partition coefficient (Wildman–Crippen LogP) is 2.96. The van der Waals surface area contributed by atoms with Crippen LogP contribution in [-0.2, 0) is 4.79 Å². The highest BCUT2D eigenvalue weighted by molar-refractivity contribution is 6.32. The zero-order chi connectivity index (χ0) is 16.5. The first kappa shape index (κ1) is 17.6. The van der Waals surface area contributed by atoms with Crippen LogP contribution >= 0.6 is 11.6 Å². The Hall–Kier alpha value is -2.45. The molecule has 6 heteroatoms. The Morgan fingerprint density at radius 2 is 2.27 bits per heavy atom. The lowest BCUT2D eigenvalue weighted by atomic mass is 10.1. The maximum Gasteiger partial charge on any atom is 0.262 e. The van der Waals surface area contributed by atoms with Crippen molar-refractivity contribution in [3.8, 4) is 17.6 Å². The number of rotatable bonds is 7. The van der Waals surface area contributed by atoms with Crippen molar-refractivity contribution in [2.45, 2.75) is 6.92 Å².